The van der Waals surface area contributed by atoms with E-state index in [0.29, 0.717) is 29.0 Å². The lowest BCUT2D eigenvalue weighted by molar-refractivity contribution is -0.0494. The number of fused-ring (bicyclic) bond motifs is 1. The van der Waals surface area contributed by atoms with Gasteiger partial charge in [-0.25, -0.2) is 4.98 Å². The third-order valence-electron chi connectivity index (χ3n) is 6.29. The fourth-order valence-corrected chi connectivity index (χ4v) is 5.23. The fourth-order valence-electron chi connectivity index (χ4n) is 5.23. The van der Waals surface area contributed by atoms with Crippen molar-refractivity contribution in [1.82, 2.24) is 14.8 Å². The van der Waals surface area contributed by atoms with Crippen molar-refractivity contribution in [2.75, 3.05) is 5.73 Å². The van der Waals surface area contributed by atoms with E-state index in [1.54, 1.807) is 0 Å². The molecule has 4 aliphatic carbocycles. The van der Waals surface area contributed by atoms with Crippen molar-refractivity contribution in [2.24, 2.45) is 17.8 Å². The van der Waals surface area contributed by atoms with Gasteiger partial charge in [0.05, 0.1) is 11.8 Å². The lowest BCUT2D eigenvalue weighted by Gasteiger charge is -2.15. The van der Waals surface area contributed by atoms with Crippen LogP contribution in [0.1, 0.15) is 32.0 Å². The van der Waals surface area contributed by atoms with Crippen LogP contribution < -0.4 is 10.5 Å². The molecule has 0 spiro atoms. The summed E-state index contributed by atoms with van der Waals surface area (Å²) in [5, 5.41) is 14.8. The summed E-state index contributed by atoms with van der Waals surface area (Å²) < 4.78 is 31.6. The Morgan fingerprint density at radius 3 is 2.69 bits per heavy atom. The van der Waals surface area contributed by atoms with E-state index in [1.807, 2.05) is 10.7 Å². The largest absolute Gasteiger partial charge is 0.431 e. The van der Waals surface area contributed by atoms with Crippen LogP contribution in [0.25, 0.3) is 11.3 Å². The average Bonchev–Trinajstić information content (AvgIpc) is 3.17. The van der Waals surface area contributed by atoms with Crippen LogP contribution in [0.3, 0.4) is 0 Å². The van der Waals surface area contributed by atoms with E-state index in [4.69, 9.17) is 10.8 Å². The summed E-state index contributed by atoms with van der Waals surface area (Å²) in [5.74, 6) is 1.23. The third kappa shape index (κ3) is 1.88. The van der Waals surface area contributed by atoms with Gasteiger partial charge in [-0.3, -0.25) is 4.68 Å². The Hall–Kier alpha value is -2.22. The molecule has 2 aromatic rings. The molecule has 26 heavy (non-hydrogen) atoms. The molecule has 2 heterocycles. The first-order chi connectivity index (χ1) is 12.4. The Morgan fingerprint density at radius 1 is 1.35 bits per heavy atom. The average molecular weight is 362 g/mol. The van der Waals surface area contributed by atoms with Gasteiger partial charge < -0.3 is 15.6 Å². The summed E-state index contributed by atoms with van der Waals surface area (Å²) in [5.41, 5.74) is 8.06. The van der Waals surface area contributed by atoms with Gasteiger partial charge in [0.2, 0.25) is 0 Å². The molecule has 6 nitrogen and oxygen atoms in total. The fraction of sp³-hybridized carbons (Fsp3) is 0.556. The molecule has 2 aromatic heterocycles. The number of hydrogen-bond donors (Lipinski definition) is 2. The molecule has 0 radical (unpaired) electrons. The Labute approximate surface area is 149 Å². The van der Waals surface area contributed by atoms with Gasteiger partial charge in [-0.15, -0.1) is 0 Å². The molecule has 3 N–H and O–H groups in total. The van der Waals surface area contributed by atoms with Crippen LogP contribution in [0.4, 0.5) is 14.6 Å². The highest BCUT2D eigenvalue weighted by Gasteiger charge is 2.93. The number of ether oxygens (including phenoxy) is 1. The van der Waals surface area contributed by atoms with E-state index < -0.39 is 6.61 Å². The summed E-state index contributed by atoms with van der Waals surface area (Å²) in [6.45, 7) is 1.15. The van der Waals surface area contributed by atoms with Crippen LogP contribution in [0, 0.1) is 17.8 Å². The lowest BCUT2D eigenvalue weighted by Crippen LogP contribution is -2.16. The van der Waals surface area contributed by atoms with Crippen molar-refractivity contribution < 1.29 is 18.6 Å². The molecule has 8 heteroatoms. The van der Waals surface area contributed by atoms with Crippen LogP contribution in [0.2, 0.25) is 0 Å². The van der Waals surface area contributed by atoms with Crippen LogP contribution in [0.15, 0.2) is 18.3 Å². The molecule has 138 valence electrons. The van der Waals surface area contributed by atoms with Crippen molar-refractivity contribution in [3.63, 3.8) is 0 Å². The van der Waals surface area contributed by atoms with E-state index >= 15 is 0 Å². The molecule has 5 atom stereocenters. The number of rotatable bonds is 5. The maximum atomic E-state index is 12.6. The Bertz CT molecular complexity index is 893. The number of aromatic nitrogens is 3. The zero-order chi connectivity index (χ0) is 18.4. The molecular formula is C18H20F2N4O2. The maximum absolute atomic E-state index is 12.6. The quantitative estimate of drug-likeness (QED) is 0.854. The zero-order valence-corrected chi connectivity index (χ0v) is 14.4. The van der Waals surface area contributed by atoms with E-state index in [-0.39, 0.29) is 29.1 Å². The maximum Gasteiger partial charge on any atom is 0.387 e. The number of alkyl halides is 2. The van der Waals surface area contributed by atoms with Gasteiger partial charge in [-0.05, 0) is 44.2 Å². The van der Waals surface area contributed by atoms with Crippen LogP contribution in [-0.4, -0.2) is 32.6 Å². The first-order valence-electron chi connectivity index (χ1n) is 8.84. The van der Waals surface area contributed by atoms with Crippen molar-refractivity contribution in [3.05, 3.63) is 24.0 Å². The molecule has 0 saturated heterocycles. The van der Waals surface area contributed by atoms with Gasteiger partial charge in [0.15, 0.2) is 11.6 Å². The second kappa shape index (κ2) is 4.94. The molecule has 0 aliphatic heterocycles. The van der Waals surface area contributed by atoms with Crippen molar-refractivity contribution in [2.45, 2.75) is 44.4 Å². The second-order valence-corrected chi connectivity index (χ2v) is 7.83. The predicted octanol–water partition coefficient (Wildman–Crippen LogP) is 2.59. The van der Waals surface area contributed by atoms with E-state index in [0.717, 1.165) is 12.1 Å². The van der Waals surface area contributed by atoms with Gasteiger partial charge in [-0.1, -0.05) is 0 Å². The summed E-state index contributed by atoms with van der Waals surface area (Å²) in [6, 6.07) is 3.61. The topological polar surface area (TPSA) is 86.2 Å². The standard InChI is InChI=1S/C18H20F2N4O2/c1-7(2)24-13(18-9-4-11(25)15(18)14(9)18)5-10(23-24)8-3-12(26-17(19)20)16(21)22-6-8/h3,5-7,9,11,14-15,17,25H,4H2,1-2H3,(H2,21,22)/t9-,11+,14-,15?,18-/m1/s1. The highest BCUT2D eigenvalue weighted by molar-refractivity contribution is 5.66. The summed E-state index contributed by atoms with van der Waals surface area (Å²) >= 11 is 0. The second-order valence-electron chi connectivity index (χ2n) is 7.83. The number of nitrogens with two attached hydrogens (primary N) is 1. The van der Waals surface area contributed by atoms with Gasteiger partial charge in [0.1, 0.15) is 0 Å². The van der Waals surface area contributed by atoms with Crippen molar-refractivity contribution in [3.8, 4) is 17.0 Å². The smallest absolute Gasteiger partial charge is 0.387 e. The number of halogens is 2. The first kappa shape index (κ1) is 16.0. The van der Waals surface area contributed by atoms with E-state index in [1.165, 1.54) is 12.3 Å². The van der Waals surface area contributed by atoms with E-state index in [2.05, 4.69) is 23.6 Å². The minimum Gasteiger partial charge on any atom is -0.431 e. The van der Waals surface area contributed by atoms with Gasteiger partial charge >= 0.3 is 6.61 Å². The number of nitrogens with zero attached hydrogens (tertiary/aromatic N) is 3. The van der Waals surface area contributed by atoms with Crippen LogP contribution in [-0.2, 0) is 5.41 Å². The Balaban J connectivity index is 1.55. The molecular weight excluding hydrogens is 342 g/mol. The highest BCUT2D eigenvalue weighted by Crippen LogP contribution is 2.90. The molecule has 2 bridgehead atoms. The summed E-state index contributed by atoms with van der Waals surface area (Å²) in [4.78, 5) is 3.97. The molecule has 1 unspecified atom stereocenters. The number of nitrogen functional groups attached to an aromatic ring is 1. The first-order valence-corrected chi connectivity index (χ1v) is 8.84. The minimum atomic E-state index is -2.96. The third-order valence-corrected chi connectivity index (χ3v) is 6.29. The number of pyridine rings is 1. The van der Waals surface area contributed by atoms with Gasteiger partial charge in [-0.2, -0.15) is 13.9 Å². The van der Waals surface area contributed by atoms with Gasteiger partial charge in [0, 0.05) is 34.8 Å². The zero-order valence-electron chi connectivity index (χ0n) is 14.4. The molecule has 4 fully saturated rings. The highest BCUT2D eigenvalue weighted by atomic mass is 19.3. The number of aliphatic hydroxyl groups is 1. The van der Waals surface area contributed by atoms with Gasteiger partial charge in [0.25, 0.3) is 0 Å². The number of anilines is 1. The normalized spacial score (nSPS) is 33.7. The Morgan fingerprint density at radius 2 is 2.12 bits per heavy atom. The SMILES string of the molecule is CC(C)n1nc(-c2cnc(N)c(OC(F)F)c2)cc1[C@]12C3[C@@H](O)C[C@@H]1[C@H]32. The number of aliphatic hydroxyl groups excluding tert-OH is 1. The summed E-state index contributed by atoms with van der Waals surface area (Å²) in [7, 11) is 0. The van der Waals surface area contributed by atoms with Crippen LogP contribution >= 0.6 is 0 Å². The molecule has 4 aliphatic rings. The molecule has 4 saturated carbocycles. The van der Waals surface area contributed by atoms with Crippen molar-refractivity contribution in [1.29, 1.82) is 0 Å². The molecule has 0 aromatic carbocycles. The lowest BCUT2D eigenvalue weighted by atomic mass is 10.0. The number of hydrogen-bond acceptors (Lipinski definition) is 5. The molecule has 6 rings (SSSR count). The predicted molar refractivity (Wildman–Crippen MR) is 89.7 cm³/mol. The monoisotopic (exact) mass is 362 g/mol. The Kier molecular flexibility index (Phi) is 3.04. The minimum absolute atomic E-state index is 0.0679. The van der Waals surface area contributed by atoms with Crippen LogP contribution in [0.5, 0.6) is 5.75 Å². The summed E-state index contributed by atoms with van der Waals surface area (Å²) in [6.07, 6.45) is 2.17. The molecule has 0 amide bonds. The van der Waals surface area contributed by atoms with E-state index in [9.17, 15) is 13.9 Å². The van der Waals surface area contributed by atoms with Crippen molar-refractivity contribution >= 4 is 5.82 Å².